The van der Waals surface area contributed by atoms with Crippen LogP contribution in [-0.2, 0) is 14.9 Å². The maximum Gasteiger partial charge on any atom is 0.267 e. The lowest BCUT2D eigenvalue weighted by atomic mass is 10.1. The molecule has 0 fully saturated rings. The molecule has 0 aliphatic rings. The topological polar surface area (TPSA) is 104 Å². The van der Waals surface area contributed by atoms with Crippen molar-refractivity contribution in [1.82, 2.24) is 5.32 Å². The molecule has 2 unspecified atom stereocenters. The van der Waals surface area contributed by atoms with Gasteiger partial charge in [-0.25, -0.2) is 0 Å². The monoisotopic (exact) mass is 615 g/mol. The summed E-state index contributed by atoms with van der Waals surface area (Å²) >= 11 is 0. The van der Waals surface area contributed by atoms with Crippen molar-refractivity contribution >= 4 is 16.0 Å². The van der Waals surface area contributed by atoms with Crippen LogP contribution in [0.15, 0.2) is 97.2 Å². The zero-order chi connectivity index (χ0) is 31.9. The number of nitrogens with one attached hydrogen (secondary N) is 1. The van der Waals surface area contributed by atoms with Crippen LogP contribution in [0, 0.1) is 0 Å². The van der Waals surface area contributed by atoms with Crippen LogP contribution in [0.4, 0.5) is 0 Å². The van der Waals surface area contributed by atoms with E-state index in [9.17, 15) is 22.9 Å². The van der Waals surface area contributed by atoms with Gasteiger partial charge in [0, 0.05) is 6.42 Å². The molecule has 0 saturated heterocycles. The number of aliphatic hydroxyl groups is 1. The predicted octanol–water partition coefficient (Wildman–Crippen LogP) is 8.67. The molecule has 0 saturated carbocycles. The Balaban J connectivity index is 4.36. The lowest BCUT2D eigenvalue weighted by Crippen LogP contribution is -2.46. The Bertz CT molecular complexity index is 1030. The molecule has 0 aromatic rings. The fourth-order valence-corrected chi connectivity index (χ4v) is 4.63. The van der Waals surface area contributed by atoms with Crippen LogP contribution in [0.2, 0.25) is 0 Å². The van der Waals surface area contributed by atoms with Crippen LogP contribution in [0.5, 0.6) is 0 Å². The standard InChI is InChI=1S/C36H57NO5S/c1-3-5-7-9-11-13-15-17-18-20-22-24-26-28-30-32-36(39)37-34(33-43(40,41)42)35(38)31-29-27-25-23-21-19-16-14-12-10-8-6-4-2/h5,7,11-14,17-18,21-24,28-31,34-35,38H,3-4,6,8-10,15-16,19-20,25-27,32-33H2,1-2H3,(H,37,39)(H,40,41,42)/b7-5-,13-11-,14-12+,18-17-,23-21+,24-22-,30-28-,31-29+. The van der Waals surface area contributed by atoms with Gasteiger partial charge in [-0.1, -0.05) is 124 Å². The fourth-order valence-electron chi connectivity index (χ4n) is 3.90. The van der Waals surface area contributed by atoms with E-state index < -0.39 is 33.9 Å². The molecular weight excluding hydrogens is 558 g/mol. The Kier molecular flexibility index (Phi) is 27.5. The number of aliphatic hydroxyl groups excluding tert-OH is 1. The molecule has 3 N–H and O–H groups in total. The first-order valence-electron chi connectivity index (χ1n) is 15.9. The zero-order valence-corrected chi connectivity index (χ0v) is 27.3. The normalized spacial score (nSPS) is 14.8. The molecule has 0 radical (unpaired) electrons. The molecule has 0 aliphatic carbocycles. The Hall–Kier alpha value is -2.74. The smallest absolute Gasteiger partial charge is 0.267 e. The second kappa shape index (κ2) is 29.3. The predicted molar refractivity (Wildman–Crippen MR) is 183 cm³/mol. The summed E-state index contributed by atoms with van der Waals surface area (Å²) < 4.78 is 32.2. The minimum atomic E-state index is -4.39. The van der Waals surface area contributed by atoms with Crippen molar-refractivity contribution in [2.24, 2.45) is 0 Å². The summed E-state index contributed by atoms with van der Waals surface area (Å²) in [6.45, 7) is 4.33. The summed E-state index contributed by atoms with van der Waals surface area (Å²) in [4.78, 5) is 12.3. The summed E-state index contributed by atoms with van der Waals surface area (Å²) in [5.74, 6) is -1.19. The van der Waals surface area contributed by atoms with Crippen LogP contribution in [-0.4, -0.2) is 41.9 Å². The molecule has 0 heterocycles. The minimum absolute atomic E-state index is 0.0463. The fraction of sp³-hybridized carbons (Fsp3) is 0.528. The third-order valence-electron chi connectivity index (χ3n) is 6.25. The summed E-state index contributed by atoms with van der Waals surface area (Å²) in [6.07, 6.45) is 44.1. The van der Waals surface area contributed by atoms with Crippen molar-refractivity contribution in [1.29, 1.82) is 0 Å². The number of rotatable bonds is 26. The molecule has 6 nitrogen and oxygen atoms in total. The Labute approximate surface area is 262 Å². The van der Waals surface area contributed by atoms with Gasteiger partial charge in [-0.15, -0.1) is 0 Å². The molecule has 1 amide bonds. The number of carbonyl (C=O) groups excluding carboxylic acids is 1. The van der Waals surface area contributed by atoms with E-state index in [2.05, 4.69) is 86.0 Å². The van der Waals surface area contributed by atoms with Gasteiger partial charge in [-0.2, -0.15) is 8.42 Å². The molecule has 0 aromatic carbocycles. The Morgan fingerprint density at radius 1 is 0.651 bits per heavy atom. The van der Waals surface area contributed by atoms with Gasteiger partial charge in [0.2, 0.25) is 5.91 Å². The van der Waals surface area contributed by atoms with Gasteiger partial charge in [-0.3, -0.25) is 9.35 Å². The lowest BCUT2D eigenvalue weighted by Gasteiger charge is -2.20. The maximum atomic E-state index is 12.3. The first-order chi connectivity index (χ1) is 20.8. The van der Waals surface area contributed by atoms with Crippen LogP contribution in [0.25, 0.3) is 0 Å². The molecular formula is C36H57NO5S. The third-order valence-corrected chi connectivity index (χ3v) is 7.03. The summed E-state index contributed by atoms with van der Waals surface area (Å²) in [7, 11) is -4.39. The van der Waals surface area contributed by atoms with E-state index in [1.807, 2.05) is 12.2 Å². The lowest BCUT2D eigenvalue weighted by molar-refractivity contribution is -0.121. The second-order valence-electron chi connectivity index (χ2n) is 10.3. The SMILES string of the molecule is CC/C=C\C/C=C\C/C=C\C/C=C\C/C=C\CC(=O)NC(CS(=O)(=O)O)C(O)/C=C/CC/C=C/CC/C=C/CCCCC. The minimum Gasteiger partial charge on any atom is -0.387 e. The molecule has 0 aliphatic heterocycles. The van der Waals surface area contributed by atoms with Crippen molar-refractivity contribution in [3.63, 3.8) is 0 Å². The summed E-state index contributed by atoms with van der Waals surface area (Å²) in [6, 6.07) is -1.14. The van der Waals surface area contributed by atoms with Crippen molar-refractivity contribution in [3.05, 3.63) is 97.2 Å². The van der Waals surface area contributed by atoms with Gasteiger partial charge < -0.3 is 10.4 Å². The summed E-state index contributed by atoms with van der Waals surface area (Å²) in [5.41, 5.74) is 0. The van der Waals surface area contributed by atoms with Crippen LogP contribution >= 0.6 is 0 Å². The van der Waals surface area contributed by atoms with E-state index in [0.717, 1.165) is 51.4 Å². The quantitative estimate of drug-likeness (QED) is 0.0513. The third kappa shape index (κ3) is 30.5. The number of allylic oxidation sites excluding steroid dienone is 14. The number of hydrogen-bond acceptors (Lipinski definition) is 4. The van der Waals surface area contributed by atoms with E-state index in [-0.39, 0.29) is 6.42 Å². The van der Waals surface area contributed by atoms with E-state index in [4.69, 9.17) is 0 Å². The first-order valence-corrected chi connectivity index (χ1v) is 17.5. The van der Waals surface area contributed by atoms with Gasteiger partial charge >= 0.3 is 0 Å². The van der Waals surface area contributed by atoms with Crippen LogP contribution in [0.1, 0.15) is 104 Å². The maximum absolute atomic E-state index is 12.3. The molecule has 242 valence electrons. The van der Waals surface area contributed by atoms with Crippen molar-refractivity contribution in [2.75, 3.05) is 5.75 Å². The van der Waals surface area contributed by atoms with Gasteiger partial charge in [0.1, 0.15) is 0 Å². The van der Waals surface area contributed by atoms with Crippen LogP contribution < -0.4 is 5.32 Å². The number of amides is 1. The highest BCUT2D eigenvalue weighted by Gasteiger charge is 2.24. The number of hydrogen-bond donors (Lipinski definition) is 3. The van der Waals surface area contributed by atoms with E-state index in [1.54, 1.807) is 12.2 Å². The van der Waals surface area contributed by atoms with Crippen molar-refractivity contribution < 1.29 is 22.9 Å². The first kappa shape index (κ1) is 40.3. The number of carbonyl (C=O) groups is 1. The van der Waals surface area contributed by atoms with Gasteiger partial charge in [0.25, 0.3) is 10.1 Å². The Morgan fingerprint density at radius 2 is 1.12 bits per heavy atom. The molecule has 0 rings (SSSR count). The molecule has 0 bridgehead atoms. The highest BCUT2D eigenvalue weighted by atomic mass is 32.2. The van der Waals surface area contributed by atoms with E-state index in [1.165, 1.54) is 25.3 Å². The van der Waals surface area contributed by atoms with Crippen molar-refractivity contribution in [3.8, 4) is 0 Å². The van der Waals surface area contributed by atoms with Gasteiger partial charge in [-0.05, 0) is 70.6 Å². The second-order valence-corrected chi connectivity index (χ2v) is 11.8. The van der Waals surface area contributed by atoms with Crippen LogP contribution in [0.3, 0.4) is 0 Å². The van der Waals surface area contributed by atoms with Gasteiger partial charge in [0.05, 0.1) is 17.9 Å². The number of unbranched alkanes of at least 4 members (excludes halogenated alkanes) is 5. The molecule has 0 spiro atoms. The molecule has 0 aromatic heterocycles. The molecule has 43 heavy (non-hydrogen) atoms. The molecule has 2 atom stereocenters. The summed E-state index contributed by atoms with van der Waals surface area (Å²) in [5, 5.41) is 13.0. The van der Waals surface area contributed by atoms with E-state index in [0.29, 0.717) is 12.8 Å². The Morgan fingerprint density at radius 3 is 1.60 bits per heavy atom. The van der Waals surface area contributed by atoms with Crippen molar-refractivity contribution in [2.45, 2.75) is 116 Å². The average Bonchev–Trinajstić information content (AvgIpc) is 2.96. The largest absolute Gasteiger partial charge is 0.387 e. The molecule has 7 heteroatoms. The highest BCUT2D eigenvalue weighted by Crippen LogP contribution is 2.05. The zero-order valence-electron chi connectivity index (χ0n) is 26.5. The van der Waals surface area contributed by atoms with E-state index >= 15 is 0 Å². The average molecular weight is 616 g/mol. The van der Waals surface area contributed by atoms with Gasteiger partial charge in [0.15, 0.2) is 0 Å². The highest BCUT2D eigenvalue weighted by molar-refractivity contribution is 7.85.